The Labute approximate surface area is 119 Å². The molecule has 0 aliphatic heterocycles. The van der Waals surface area contributed by atoms with Crippen molar-refractivity contribution in [3.8, 4) is 0 Å². The van der Waals surface area contributed by atoms with E-state index in [1.807, 2.05) is 11.5 Å². The van der Waals surface area contributed by atoms with Gasteiger partial charge in [0.05, 0.1) is 6.33 Å². The number of carboxylic acid groups (broad SMARTS) is 1. The van der Waals surface area contributed by atoms with E-state index >= 15 is 0 Å². The third-order valence-electron chi connectivity index (χ3n) is 6.08. The van der Waals surface area contributed by atoms with Crippen molar-refractivity contribution >= 4 is 5.97 Å². The second-order valence-electron chi connectivity index (χ2n) is 7.23. The van der Waals surface area contributed by atoms with Gasteiger partial charge in [-0.1, -0.05) is 0 Å². The summed E-state index contributed by atoms with van der Waals surface area (Å²) in [5, 5.41) is 9.81. The van der Waals surface area contributed by atoms with Crippen LogP contribution in [0.2, 0.25) is 0 Å². The van der Waals surface area contributed by atoms with Crippen LogP contribution in [0.3, 0.4) is 0 Å². The summed E-state index contributed by atoms with van der Waals surface area (Å²) in [6.45, 7) is 1.96. The van der Waals surface area contributed by atoms with Gasteiger partial charge in [-0.3, -0.25) is 0 Å². The van der Waals surface area contributed by atoms with Gasteiger partial charge in [0.15, 0.2) is 0 Å². The van der Waals surface area contributed by atoms with E-state index in [9.17, 15) is 9.90 Å². The Balaban J connectivity index is 1.71. The molecule has 1 aromatic rings. The molecule has 108 valence electrons. The van der Waals surface area contributed by atoms with Crippen LogP contribution in [0.15, 0.2) is 12.5 Å². The molecule has 1 atom stereocenters. The first-order chi connectivity index (χ1) is 9.63. The summed E-state index contributed by atoms with van der Waals surface area (Å²) in [6, 6.07) is -0.410. The molecule has 5 rings (SSSR count). The molecule has 0 radical (unpaired) electrons. The first-order valence-corrected chi connectivity index (χ1v) is 7.84. The van der Waals surface area contributed by atoms with Gasteiger partial charge in [-0.25, -0.2) is 9.78 Å². The summed E-state index contributed by atoms with van der Waals surface area (Å²) >= 11 is 0. The van der Waals surface area contributed by atoms with Gasteiger partial charge in [0.2, 0.25) is 0 Å². The lowest BCUT2D eigenvalue weighted by Gasteiger charge is -2.55. The standard InChI is InChI=1S/C16H22N2O2/c1-9-7-17-8-18(9)15(16(19)20)14-12-3-10-2-11(5-12)6-13(14)4-10/h7-8,10-15H,2-6H2,1H3,(H,19,20). The monoisotopic (exact) mass is 274 g/mol. The van der Waals surface area contributed by atoms with Gasteiger partial charge < -0.3 is 9.67 Å². The maximum atomic E-state index is 11.9. The molecule has 1 aromatic heterocycles. The number of carboxylic acids is 1. The van der Waals surface area contributed by atoms with Gasteiger partial charge in [-0.05, 0) is 68.6 Å². The zero-order chi connectivity index (χ0) is 13.9. The van der Waals surface area contributed by atoms with Gasteiger partial charge in [0.1, 0.15) is 6.04 Å². The molecular weight excluding hydrogens is 252 g/mol. The summed E-state index contributed by atoms with van der Waals surface area (Å²) in [5.74, 6) is 2.64. The zero-order valence-corrected chi connectivity index (χ0v) is 11.9. The van der Waals surface area contributed by atoms with Crippen LogP contribution in [0.25, 0.3) is 0 Å². The second kappa shape index (κ2) is 4.34. The van der Waals surface area contributed by atoms with Gasteiger partial charge in [-0.2, -0.15) is 0 Å². The lowest BCUT2D eigenvalue weighted by atomic mass is 9.50. The fourth-order valence-electron chi connectivity index (χ4n) is 5.61. The van der Waals surface area contributed by atoms with Crippen LogP contribution >= 0.6 is 0 Å². The van der Waals surface area contributed by atoms with Crippen LogP contribution < -0.4 is 0 Å². The predicted molar refractivity (Wildman–Crippen MR) is 74.2 cm³/mol. The molecule has 1 N–H and O–H groups in total. The van der Waals surface area contributed by atoms with E-state index in [2.05, 4.69) is 4.98 Å². The highest BCUT2D eigenvalue weighted by atomic mass is 16.4. The molecule has 4 bridgehead atoms. The summed E-state index contributed by atoms with van der Waals surface area (Å²) in [6.07, 6.45) is 9.92. The fourth-order valence-corrected chi connectivity index (χ4v) is 5.61. The van der Waals surface area contributed by atoms with Crippen LogP contribution in [-0.4, -0.2) is 20.6 Å². The van der Waals surface area contributed by atoms with Crippen molar-refractivity contribution in [3.63, 3.8) is 0 Å². The molecule has 20 heavy (non-hydrogen) atoms. The van der Waals surface area contributed by atoms with E-state index in [4.69, 9.17) is 0 Å². The normalized spacial score (nSPS) is 40.0. The number of imidazole rings is 1. The quantitative estimate of drug-likeness (QED) is 0.922. The van der Waals surface area contributed by atoms with Crippen LogP contribution in [0.4, 0.5) is 0 Å². The molecular formula is C16H22N2O2. The largest absolute Gasteiger partial charge is 0.480 e. The predicted octanol–water partition coefficient (Wildman–Crippen LogP) is 2.89. The number of hydrogen-bond acceptors (Lipinski definition) is 2. The topological polar surface area (TPSA) is 55.1 Å². The first-order valence-electron chi connectivity index (χ1n) is 7.84. The molecule has 0 amide bonds. The van der Waals surface area contributed by atoms with Crippen LogP contribution in [0.1, 0.15) is 43.8 Å². The van der Waals surface area contributed by atoms with Gasteiger partial charge in [0, 0.05) is 11.9 Å². The Morgan fingerprint density at radius 1 is 1.25 bits per heavy atom. The van der Waals surface area contributed by atoms with Crippen LogP contribution in [-0.2, 0) is 4.79 Å². The summed E-state index contributed by atoms with van der Waals surface area (Å²) in [4.78, 5) is 16.1. The van der Waals surface area contributed by atoms with E-state index in [-0.39, 0.29) is 0 Å². The molecule has 4 fully saturated rings. The van der Waals surface area contributed by atoms with E-state index in [0.29, 0.717) is 17.8 Å². The van der Waals surface area contributed by atoms with Crippen molar-refractivity contribution in [2.45, 2.75) is 45.1 Å². The Morgan fingerprint density at radius 3 is 2.30 bits per heavy atom. The van der Waals surface area contributed by atoms with Gasteiger partial charge in [-0.15, -0.1) is 0 Å². The SMILES string of the molecule is Cc1cncn1C(C(=O)O)C1C2CC3CC(C2)CC1C3. The highest BCUT2D eigenvalue weighted by Crippen LogP contribution is 2.59. The number of aliphatic carboxylic acids is 1. The summed E-state index contributed by atoms with van der Waals surface area (Å²) in [7, 11) is 0. The summed E-state index contributed by atoms with van der Waals surface area (Å²) in [5.41, 5.74) is 0.964. The molecule has 4 aliphatic carbocycles. The average molecular weight is 274 g/mol. The van der Waals surface area contributed by atoms with E-state index < -0.39 is 12.0 Å². The van der Waals surface area contributed by atoms with Gasteiger partial charge >= 0.3 is 5.97 Å². The highest BCUT2D eigenvalue weighted by Gasteiger charge is 2.52. The van der Waals surface area contributed by atoms with Crippen molar-refractivity contribution in [1.82, 2.24) is 9.55 Å². The minimum Gasteiger partial charge on any atom is -0.480 e. The minimum atomic E-state index is -0.677. The molecule has 4 aliphatic rings. The minimum absolute atomic E-state index is 0.313. The van der Waals surface area contributed by atoms with Crippen molar-refractivity contribution < 1.29 is 9.90 Å². The fraction of sp³-hybridized carbons (Fsp3) is 0.750. The third-order valence-corrected chi connectivity index (χ3v) is 6.08. The maximum Gasteiger partial charge on any atom is 0.327 e. The third kappa shape index (κ3) is 1.73. The Bertz CT molecular complexity index is 508. The molecule has 4 heteroatoms. The number of nitrogens with zero attached hydrogens (tertiary/aromatic N) is 2. The molecule has 1 unspecified atom stereocenters. The zero-order valence-electron chi connectivity index (χ0n) is 11.9. The molecule has 4 saturated carbocycles. The molecule has 0 spiro atoms. The van der Waals surface area contributed by atoms with Crippen LogP contribution in [0, 0.1) is 36.5 Å². The first kappa shape index (κ1) is 12.4. The van der Waals surface area contributed by atoms with Gasteiger partial charge in [0.25, 0.3) is 0 Å². The Morgan fingerprint density at radius 2 is 1.85 bits per heavy atom. The van der Waals surface area contributed by atoms with Crippen LogP contribution in [0.5, 0.6) is 0 Å². The average Bonchev–Trinajstić information content (AvgIpc) is 2.78. The van der Waals surface area contributed by atoms with Crippen molar-refractivity contribution in [1.29, 1.82) is 0 Å². The number of aryl methyl sites for hydroxylation is 1. The maximum absolute atomic E-state index is 11.9. The smallest absolute Gasteiger partial charge is 0.327 e. The summed E-state index contributed by atoms with van der Waals surface area (Å²) < 4.78 is 1.90. The number of hydrogen-bond donors (Lipinski definition) is 1. The molecule has 1 heterocycles. The number of rotatable bonds is 3. The number of aromatic nitrogens is 2. The number of carbonyl (C=O) groups is 1. The van der Waals surface area contributed by atoms with E-state index in [1.165, 1.54) is 32.1 Å². The Kier molecular flexibility index (Phi) is 2.69. The molecule has 0 aromatic carbocycles. The highest BCUT2D eigenvalue weighted by molar-refractivity contribution is 5.72. The lowest BCUT2D eigenvalue weighted by Crippen LogP contribution is -2.49. The molecule has 0 saturated heterocycles. The lowest BCUT2D eigenvalue weighted by molar-refractivity contribution is -0.149. The second-order valence-corrected chi connectivity index (χ2v) is 7.23. The Hall–Kier alpha value is -1.32. The van der Waals surface area contributed by atoms with Crippen molar-refractivity contribution in [3.05, 3.63) is 18.2 Å². The van der Waals surface area contributed by atoms with Crippen molar-refractivity contribution in [2.75, 3.05) is 0 Å². The van der Waals surface area contributed by atoms with E-state index in [0.717, 1.165) is 17.5 Å². The molecule has 4 nitrogen and oxygen atoms in total. The van der Waals surface area contributed by atoms with E-state index in [1.54, 1.807) is 12.5 Å². The van der Waals surface area contributed by atoms with Crippen molar-refractivity contribution in [2.24, 2.45) is 29.6 Å².